The van der Waals surface area contributed by atoms with Crippen LogP contribution >= 0.6 is 0 Å². The molecule has 6 aromatic heterocycles. The molecule has 4 aliphatic rings. The third-order valence-corrected chi connectivity index (χ3v) is 19.0. The molecule has 1 unspecified atom stereocenters. The maximum absolute atomic E-state index is 11.1. The summed E-state index contributed by atoms with van der Waals surface area (Å²) in [6, 6.07) is 14.8. The monoisotopic (exact) mass is 1240 g/mol. The smallest absolute Gasteiger partial charge is 0.317 e. The van der Waals surface area contributed by atoms with E-state index in [0.717, 1.165) is 153 Å². The minimum absolute atomic E-state index is 0.00128. The normalized spacial score (nSPS) is 16.8. The van der Waals surface area contributed by atoms with Crippen molar-refractivity contribution in [2.75, 3.05) is 13.1 Å². The summed E-state index contributed by atoms with van der Waals surface area (Å²) in [6.07, 6.45) is 14.7. The number of aromatic nitrogens is 11. The van der Waals surface area contributed by atoms with Crippen LogP contribution in [0.2, 0.25) is 0 Å². The first-order valence-electron chi connectivity index (χ1n) is 32.2. The van der Waals surface area contributed by atoms with E-state index in [9.17, 15) is 9.59 Å². The molecule has 0 aliphatic heterocycles. The zero-order chi connectivity index (χ0) is 64.7. The number of nitrogens with one attached hydrogen (secondary N) is 1. The summed E-state index contributed by atoms with van der Waals surface area (Å²) in [4.78, 5) is 36.0. The van der Waals surface area contributed by atoms with E-state index in [4.69, 9.17) is 54.8 Å². The number of hydrogen-bond acceptors (Lipinski definition) is 17. The van der Waals surface area contributed by atoms with Crippen LogP contribution in [0.3, 0.4) is 0 Å². The maximum Gasteiger partial charge on any atom is 0.317 e. The lowest BCUT2D eigenvalue weighted by Gasteiger charge is -2.30. The van der Waals surface area contributed by atoms with Gasteiger partial charge in [-0.1, -0.05) is 74.3 Å². The predicted octanol–water partition coefficient (Wildman–Crippen LogP) is 11.8. The van der Waals surface area contributed by atoms with E-state index >= 15 is 0 Å². The van der Waals surface area contributed by atoms with Gasteiger partial charge in [0.05, 0.1) is 6.54 Å². The highest BCUT2D eigenvalue weighted by Gasteiger charge is 2.36. The summed E-state index contributed by atoms with van der Waals surface area (Å²) in [5.41, 5.74) is 32.7. The summed E-state index contributed by atoms with van der Waals surface area (Å²) in [6.45, 7) is 25.7. The van der Waals surface area contributed by atoms with E-state index in [-0.39, 0.29) is 29.3 Å². The summed E-state index contributed by atoms with van der Waals surface area (Å²) in [7, 11) is 2.01. The fourth-order valence-corrected chi connectivity index (χ4v) is 13.8. The van der Waals surface area contributed by atoms with Gasteiger partial charge < -0.3 is 40.0 Å². The second-order valence-electron chi connectivity index (χ2n) is 27.9. The number of aryl methyl sites for hydroxylation is 7. The molecule has 13 rings (SSSR count). The number of amides is 1. The number of nitrogens with two attached hydrogens (primary N) is 2. The van der Waals surface area contributed by atoms with Crippen molar-refractivity contribution in [3.05, 3.63) is 121 Å². The molecule has 91 heavy (non-hydrogen) atoms. The summed E-state index contributed by atoms with van der Waals surface area (Å²) < 4.78 is 26.5. The molecule has 0 spiro atoms. The largest absolute Gasteiger partial charge is 0.480 e. The summed E-state index contributed by atoms with van der Waals surface area (Å²) in [5.74, 6) is 2.90. The highest BCUT2D eigenvalue weighted by atomic mass is 16.5. The lowest BCUT2D eigenvalue weighted by Crippen LogP contribution is -2.37. The number of primary amides is 1. The molecule has 21 nitrogen and oxygen atoms in total. The van der Waals surface area contributed by atoms with Crippen LogP contribution in [0, 0.1) is 43.9 Å². The van der Waals surface area contributed by atoms with E-state index < -0.39 is 5.97 Å². The van der Waals surface area contributed by atoms with Gasteiger partial charge in [0, 0.05) is 77.2 Å². The number of aliphatic carboxylic acids is 1. The Morgan fingerprint density at radius 1 is 0.626 bits per heavy atom. The van der Waals surface area contributed by atoms with Gasteiger partial charge >= 0.3 is 5.97 Å². The number of carboxylic acids is 1. The topological polar surface area (TPSA) is 297 Å². The molecule has 4 aliphatic carbocycles. The highest BCUT2D eigenvalue weighted by molar-refractivity contribution is 5.74. The van der Waals surface area contributed by atoms with Crippen molar-refractivity contribution in [3.63, 3.8) is 0 Å². The molecule has 1 amide bonds. The number of carboxylic acid groups (broad SMARTS) is 1. The van der Waals surface area contributed by atoms with Gasteiger partial charge in [0.25, 0.3) is 17.7 Å². The fourth-order valence-electron chi connectivity index (χ4n) is 13.8. The van der Waals surface area contributed by atoms with Crippen molar-refractivity contribution >= 4 is 11.9 Å². The Kier molecular flexibility index (Phi) is 18.4. The zero-order valence-electron chi connectivity index (χ0n) is 55.0. The van der Waals surface area contributed by atoms with E-state index in [0.29, 0.717) is 65.6 Å². The molecular weight excluding hydrogens is 1150 g/mol. The van der Waals surface area contributed by atoms with Crippen molar-refractivity contribution in [2.45, 2.75) is 191 Å². The molecule has 3 aromatic carbocycles. The number of fused-ring (bicyclic) bond motifs is 4. The molecule has 21 heteroatoms. The first-order valence-corrected chi connectivity index (χ1v) is 32.2. The second-order valence-corrected chi connectivity index (χ2v) is 27.9. The minimum Gasteiger partial charge on any atom is -0.480 e. The number of carbonyl (C=O) groups excluding carboxylic acids is 1. The Morgan fingerprint density at radius 2 is 1.14 bits per heavy atom. The third-order valence-electron chi connectivity index (χ3n) is 19.0. The molecule has 9 aromatic rings. The van der Waals surface area contributed by atoms with Gasteiger partial charge in [-0.3, -0.25) is 19.0 Å². The Morgan fingerprint density at radius 3 is 1.70 bits per heavy atom. The van der Waals surface area contributed by atoms with Crippen LogP contribution in [0.25, 0.3) is 68.9 Å². The Labute approximate surface area is 531 Å². The molecular formula is C70H88N14O7. The van der Waals surface area contributed by atoms with Gasteiger partial charge in [0.1, 0.15) is 5.76 Å². The van der Waals surface area contributed by atoms with Crippen molar-refractivity contribution in [2.24, 2.45) is 34.8 Å². The highest BCUT2D eigenvalue weighted by Crippen LogP contribution is 2.42. The second kappa shape index (κ2) is 26.1. The van der Waals surface area contributed by atoms with Gasteiger partial charge in [0.15, 0.2) is 17.1 Å². The van der Waals surface area contributed by atoms with Crippen molar-refractivity contribution < 1.29 is 32.8 Å². The van der Waals surface area contributed by atoms with Crippen molar-refractivity contribution in [1.29, 1.82) is 0 Å². The lowest BCUT2D eigenvalue weighted by molar-refractivity contribution is -0.136. The van der Waals surface area contributed by atoms with E-state index in [2.05, 4.69) is 122 Å². The quantitative estimate of drug-likeness (QED) is 0.0699. The van der Waals surface area contributed by atoms with E-state index in [1.807, 2.05) is 43.8 Å². The number of nitrogens with zero attached hydrogens (tertiary/aromatic N) is 11. The number of benzene rings is 3. The predicted molar refractivity (Wildman–Crippen MR) is 347 cm³/mol. The first kappa shape index (κ1) is 64.1. The molecule has 480 valence electrons. The molecule has 1 atom stereocenters. The number of carbonyl (C=O) groups is 2. The van der Waals surface area contributed by atoms with Gasteiger partial charge in [-0.25, -0.2) is 0 Å². The molecule has 0 bridgehead atoms. The van der Waals surface area contributed by atoms with Crippen LogP contribution in [0.15, 0.2) is 60.6 Å². The Balaban J connectivity index is 0.000000141. The fraction of sp³-hybridized carbons (Fsp3) is 0.500. The van der Waals surface area contributed by atoms with Crippen LogP contribution in [0.4, 0.5) is 0 Å². The SMILES string of the molecule is CCn1nc(-c2nc(-c3ccc4c(c3)CCC(NCC(=O)O)C4)no2)c2c1CC(C)(C)CC2.Cc1cc(-c2noc(-c3nn(C)c4c3CCC(C)(C)C4)n2)cc(C)c1CCCN.Cc1cc(-c2noc(-c3noc4c3CCC(C)(C)C4)n2)cc(C)c1CCC(N)=O. The standard InChI is InChI=1S/C25H31N5O3.C23H31N5O.C22H26N4O3/c1-4-30-20-13-25(2,3)10-9-19(20)22(28-30)24-27-23(29-33-24)17-6-5-16-12-18(26-14-21(31)32)8-7-15(16)11-17;1-14-11-16(12-15(2)17(14)7-6-10-24)21-25-22(29-27-21)20-18-8-9-23(3,4)13-19(18)28(5)26-20;1-12-9-14(10-13(2)15(12)5-6-18(23)27)20-24-21(29-26-20)19-16-7-8-22(3,4)11-17(16)28-25-19/h5-6,11,18,26H,4,7-10,12-14H2,1-3H3,(H,31,32);11-12H,6-10,13,24H2,1-5H3;9-10H,5-8,11H2,1-4H3,(H2,23,27). The Bertz CT molecular complexity index is 4100. The van der Waals surface area contributed by atoms with Crippen molar-refractivity contribution in [1.82, 2.24) is 60.5 Å². The average Bonchev–Trinajstić information content (AvgIpc) is 1.73. The van der Waals surface area contributed by atoms with E-state index in [1.165, 1.54) is 50.3 Å². The van der Waals surface area contributed by atoms with Crippen LogP contribution in [-0.2, 0) is 87.4 Å². The molecule has 0 saturated carbocycles. The zero-order valence-corrected chi connectivity index (χ0v) is 55.0. The third kappa shape index (κ3) is 14.2. The van der Waals surface area contributed by atoms with Gasteiger partial charge in [-0.2, -0.15) is 25.1 Å². The van der Waals surface area contributed by atoms with Gasteiger partial charge in [-0.05, 0) is 222 Å². The van der Waals surface area contributed by atoms with Gasteiger partial charge in [-0.15, -0.1) is 0 Å². The van der Waals surface area contributed by atoms with Crippen LogP contribution in [0.5, 0.6) is 0 Å². The molecule has 0 fully saturated rings. The molecule has 6 heterocycles. The number of hydrogen-bond donors (Lipinski definition) is 4. The summed E-state index contributed by atoms with van der Waals surface area (Å²) >= 11 is 0. The van der Waals surface area contributed by atoms with Crippen LogP contribution in [-0.4, -0.2) is 91.3 Å². The average molecular weight is 1240 g/mol. The van der Waals surface area contributed by atoms with E-state index in [1.54, 1.807) is 0 Å². The molecule has 6 N–H and O–H groups in total. The molecule has 0 saturated heterocycles. The van der Waals surface area contributed by atoms with Crippen LogP contribution < -0.4 is 16.8 Å². The van der Waals surface area contributed by atoms with Crippen LogP contribution in [0.1, 0.15) is 165 Å². The van der Waals surface area contributed by atoms with Gasteiger partial charge in [0.2, 0.25) is 23.4 Å². The number of rotatable bonds is 16. The minimum atomic E-state index is -0.821. The first-order chi connectivity index (χ1) is 43.3. The maximum atomic E-state index is 11.1. The lowest BCUT2D eigenvalue weighted by atomic mass is 9.76. The van der Waals surface area contributed by atoms with Crippen molar-refractivity contribution in [3.8, 4) is 68.9 Å². The molecule has 0 radical (unpaired) electrons. The Hall–Kier alpha value is -8.43. The summed E-state index contributed by atoms with van der Waals surface area (Å²) in [5, 5.41) is 38.5.